The van der Waals surface area contributed by atoms with Crippen molar-refractivity contribution in [1.29, 1.82) is 0 Å². The number of aliphatic carboxylic acids is 2. The quantitative estimate of drug-likeness (QED) is 0.104. The summed E-state index contributed by atoms with van der Waals surface area (Å²) in [6.07, 6.45) is 0. The molecule has 17 heteroatoms. The van der Waals surface area contributed by atoms with Gasteiger partial charge >= 0.3 is 11.9 Å². The van der Waals surface area contributed by atoms with Gasteiger partial charge in [0, 0.05) is 6.54 Å². The number of nitrogens with one attached hydrogen (secondary N) is 4. The van der Waals surface area contributed by atoms with E-state index in [0.29, 0.717) is 9.80 Å². The summed E-state index contributed by atoms with van der Waals surface area (Å²) in [5.41, 5.74) is 5.08. The van der Waals surface area contributed by atoms with Gasteiger partial charge in [-0.1, -0.05) is 0 Å². The summed E-state index contributed by atoms with van der Waals surface area (Å²) in [5.74, 6) is -7.57. The first kappa shape index (κ1) is 30.7. The Morgan fingerprint density at radius 1 is 0.600 bits per heavy atom. The smallest absolute Gasteiger partial charge is 0.323 e. The summed E-state index contributed by atoms with van der Waals surface area (Å²) in [7, 11) is 0. The van der Waals surface area contributed by atoms with Crippen molar-refractivity contribution < 1.29 is 48.6 Å². The zero-order valence-electron chi connectivity index (χ0n) is 19.0. The van der Waals surface area contributed by atoms with Crippen LogP contribution in [-0.2, 0) is 38.4 Å². The van der Waals surface area contributed by atoms with Crippen LogP contribution in [0.15, 0.2) is 0 Å². The van der Waals surface area contributed by atoms with Gasteiger partial charge in [0.2, 0.25) is 35.4 Å². The van der Waals surface area contributed by atoms with Crippen molar-refractivity contribution >= 4 is 47.4 Å². The van der Waals surface area contributed by atoms with E-state index in [4.69, 9.17) is 15.9 Å². The number of carbonyl (C=O) groups excluding carboxylic acids is 6. The van der Waals surface area contributed by atoms with Gasteiger partial charge < -0.3 is 47.0 Å². The molecule has 0 aromatic rings. The summed E-state index contributed by atoms with van der Waals surface area (Å²) in [6, 6.07) is 0. The van der Waals surface area contributed by atoms with Gasteiger partial charge in [0.1, 0.15) is 26.2 Å². The number of amides is 6. The maximum Gasteiger partial charge on any atom is 0.323 e. The molecule has 0 heterocycles. The number of carboxylic acids is 2. The topological polar surface area (TPSA) is 258 Å². The Labute approximate surface area is 199 Å². The number of hydrogen-bond acceptors (Lipinski definition) is 9. The molecule has 0 rings (SSSR count). The molecule has 0 aromatic carbocycles. The van der Waals surface area contributed by atoms with Crippen LogP contribution < -0.4 is 27.0 Å². The van der Waals surface area contributed by atoms with Crippen LogP contribution in [0.4, 0.5) is 0 Å². The maximum atomic E-state index is 12.2. The van der Waals surface area contributed by atoms with Crippen LogP contribution in [0, 0.1) is 0 Å². The first-order chi connectivity index (χ1) is 16.4. The molecule has 0 radical (unpaired) electrons. The van der Waals surface area contributed by atoms with Crippen molar-refractivity contribution in [2.45, 2.75) is 6.92 Å². The number of rotatable bonds is 16. The molecule has 0 fully saturated rings. The largest absolute Gasteiger partial charge is 0.480 e. The van der Waals surface area contributed by atoms with Gasteiger partial charge in [-0.05, 0) is 6.92 Å². The van der Waals surface area contributed by atoms with E-state index in [-0.39, 0.29) is 6.54 Å². The van der Waals surface area contributed by atoms with E-state index >= 15 is 0 Å². The lowest BCUT2D eigenvalue weighted by Gasteiger charge is -2.21. The molecule has 0 unspecified atom stereocenters. The van der Waals surface area contributed by atoms with Crippen LogP contribution in [0.1, 0.15) is 6.92 Å². The fraction of sp³-hybridized carbons (Fsp3) is 0.556. The van der Waals surface area contributed by atoms with E-state index in [2.05, 4.69) is 21.3 Å². The number of carboxylic acid groups (broad SMARTS) is 2. The highest BCUT2D eigenvalue weighted by Gasteiger charge is 2.22. The normalized spacial score (nSPS) is 9.89. The standard InChI is InChI=1S/C18H29N7O10/c1-2-20-13(28)7-24(9-17(32)33)16(31)6-23-12(27)4-21-14(29)8-25(10-18(34)35)15(30)5-22-11(26)3-19/h2-10,19H2,1H3,(H,20,28)(H,21,29)(H,22,26)(H,23,27)(H,32,33)(H,34,35). The van der Waals surface area contributed by atoms with Gasteiger partial charge in [0.15, 0.2) is 0 Å². The van der Waals surface area contributed by atoms with Gasteiger partial charge in [-0.2, -0.15) is 0 Å². The van der Waals surface area contributed by atoms with Gasteiger partial charge in [-0.3, -0.25) is 38.4 Å². The molecule has 0 aliphatic carbocycles. The molecule has 0 aliphatic rings. The summed E-state index contributed by atoms with van der Waals surface area (Å²) >= 11 is 0. The predicted molar refractivity (Wildman–Crippen MR) is 115 cm³/mol. The first-order valence-electron chi connectivity index (χ1n) is 10.2. The first-order valence-corrected chi connectivity index (χ1v) is 10.2. The van der Waals surface area contributed by atoms with Crippen molar-refractivity contribution in [3.8, 4) is 0 Å². The predicted octanol–water partition coefficient (Wildman–Crippen LogP) is -5.74. The second kappa shape index (κ2) is 16.4. The number of likely N-dealkylation sites (N-methyl/N-ethyl adjacent to an activating group) is 1. The van der Waals surface area contributed by atoms with Crippen molar-refractivity contribution in [3.63, 3.8) is 0 Å². The third-order valence-corrected chi connectivity index (χ3v) is 3.91. The average molecular weight is 503 g/mol. The molecule has 17 nitrogen and oxygen atoms in total. The van der Waals surface area contributed by atoms with Crippen LogP contribution in [0.2, 0.25) is 0 Å². The monoisotopic (exact) mass is 503 g/mol. The molecule has 0 bridgehead atoms. The lowest BCUT2D eigenvalue weighted by Crippen LogP contribution is -2.50. The zero-order valence-corrected chi connectivity index (χ0v) is 19.0. The SMILES string of the molecule is CCNC(=O)CN(CC(=O)O)C(=O)CNC(=O)CNC(=O)CN(CC(=O)O)C(=O)CNC(=O)CN. The number of nitrogens with zero attached hydrogens (tertiary/aromatic N) is 2. The molecule has 0 saturated carbocycles. The summed E-state index contributed by atoms with van der Waals surface area (Å²) in [6.45, 7) is -3.31. The highest BCUT2D eigenvalue weighted by atomic mass is 16.4. The fourth-order valence-electron chi connectivity index (χ4n) is 2.33. The minimum absolute atomic E-state index is 0.266. The van der Waals surface area contributed by atoms with Crippen LogP contribution in [0.3, 0.4) is 0 Å². The van der Waals surface area contributed by atoms with Gasteiger partial charge in [0.25, 0.3) is 0 Å². The van der Waals surface area contributed by atoms with E-state index in [1.807, 2.05) is 0 Å². The third-order valence-electron chi connectivity index (χ3n) is 3.91. The van der Waals surface area contributed by atoms with Crippen molar-refractivity contribution in [2.24, 2.45) is 5.73 Å². The fourth-order valence-corrected chi connectivity index (χ4v) is 2.33. The van der Waals surface area contributed by atoms with E-state index in [1.165, 1.54) is 0 Å². The number of carbonyl (C=O) groups is 8. The van der Waals surface area contributed by atoms with Gasteiger partial charge in [-0.25, -0.2) is 0 Å². The molecule has 0 saturated heterocycles. The molecule has 6 amide bonds. The summed E-state index contributed by atoms with van der Waals surface area (Å²) < 4.78 is 0. The summed E-state index contributed by atoms with van der Waals surface area (Å²) in [5, 5.41) is 26.6. The molecular weight excluding hydrogens is 474 g/mol. The Kier molecular flexibility index (Phi) is 14.4. The highest BCUT2D eigenvalue weighted by molar-refractivity contribution is 5.93. The van der Waals surface area contributed by atoms with Crippen LogP contribution >= 0.6 is 0 Å². The zero-order chi connectivity index (χ0) is 27.0. The Morgan fingerprint density at radius 2 is 1.00 bits per heavy atom. The molecule has 0 atom stereocenters. The minimum atomic E-state index is -1.42. The van der Waals surface area contributed by atoms with Crippen molar-refractivity contribution in [3.05, 3.63) is 0 Å². The van der Waals surface area contributed by atoms with Crippen LogP contribution in [-0.4, -0.2) is 126 Å². The summed E-state index contributed by atoms with van der Waals surface area (Å²) in [4.78, 5) is 94.1. The van der Waals surface area contributed by atoms with E-state index in [0.717, 1.165) is 0 Å². The maximum absolute atomic E-state index is 12.2. The van der Waals surface area contributed by atoms with Gasteiger partial charge in [0.05, 0.1) is 26.2 Å². The molecule has 0 aromatic heterocycles. The average Bonchev–Trinajstić information content (AvgIpc) is 2.77. The number of hydrogen-bond donors (Lipinski definition) is 7. The Morgan fingerprint density at radius 3 is 1.40 bits per heavy atom. The van der Waals surface area contributed by atoms with Crippen LogP contribution in [0.25, 0.3) is 0 Å². The second-order valence-corrected chi connectivity index (χ2v) is 6.77. The van der Waals surface area contributed by atoms with Crippen molar-refractivity contribution in [1.82, 2.24) is 31.1 Å². The Balaban J connectivity index is 4.72. The Hall–Kier alpha value is -4.28. The molecule has 0 spiro atoms. The number of nitrogens with two attached hydrogens (primary N) is 1. The second-order valence-electron chi connectivity index (χ2n) is 6.77. The Bertz CT molecular complexity index is 832. The van der Waals surface area contributed by atoms with Gasteiger partial charge in [-0.15, -0.1) is 0 Å². The third kappa shape index (κ3) is 14.5. The molecule has 0 aliphatic heterocycles. The van der Waals surface area contributed by atoms with E-state index < -0.39 is 99.7 Å². The lowest BCUT2D eigenvalue weighted by molar-refractivity contribution is -0.146. The molecule has 35 heavy (non-hydrogen) atoms. The lowest BCUT2D eigenvalue weighted by atomic mass is 10.3. The van der Waals surface area contributed by atoms with Crippen molar-refractivity contribution in [2.75, 3.05) is 58.9 Å². The molecule has 8 N–H and O–H groups in total. The van der Waals surface area contributed by atoms with E-state index in [9.17, 15) is 38.4 Å². The van der Waals surface area contributed by atoms with E-state index in [1.54, 1.807) is 6.92 Å². The minimum Gasteiger partial charge on any atom is -0.480 e. The molecular formula is C18H29N7O10. The highest BCUT2D eigenvalue weighted by Crippen LogP contribution is 1.92. The van der Waals surface area contributed by atoms with Crippen LogP contribution in [0.5, 0.6) is 0 Å². The molecule has 196 valence electrons.